The van der Waals surface area contributed by atoms with Crippen LogP contribution in [0.5, 0.6) is 0 Å². The SMILES string of the molecule is CC1CCCCC1N(C)CC1(C(=O)O)CCCCC1. The monoisotopic (exact) mass is 267 g/mol. The molecule has 2 aliphatic carbocycles. The summed E-state index contributed by atoms with van der Waals surface area (Å²) in [5.74, 6) is 0.149. The number of hydrogen-bond acceptors (Lipinski definition) is 2. The Kier molecular flexibility index (Phi) is 4.88. The van der Waals surface area contributed by atoms with Crippen molar-refractivity contribution in [1.82, 2.24) is 4.90 Å². The molecule has 2 rings (SSSR count). The lowest BCUT2D eigenvalue weighted by Crippen LogP contribution is -2.48. The normalized spacial score (nSPS) is 31.3. The smallest absolute Gasteiger partial charge is 0.310 e. The minimum atomic E-state index is -0.567. The van der Waals surface area contributed by atoms with E-state index in [1.54, 1.807) is 0 Å². The first-order chi connectivity index (χ1) is 9.05. The summed E-state index contributed by atoms with van der Waals surface area (Å²) in [6.07, 6.45) is 10.3. The highest BCUT2D eigenvalue weighted by Crippen LogP contribution is 2.39. The second-order valence-electron chi connectivity index (χ2n) is 6.89. The van der Waals surface area contributed by atoms with Gasteiger partial charge in [-0.15, -0.1) is 0 Å². The van der Waals surface area contributed by atoms with E-state index in [2.05, 4.69) is 18.9 Å². The van der Waals surface area contributed by atoms with Crippen LogP contribution in [0, 0.1) is 11.3 Å². The van der Waals surface area contributed by atoms with Gasteiger partial charge in [0.25, 0.3) is 0 Å². The van der Waals surface area contributed by atoms with Crippen LogP contribution in [-0.2, 0) is 4.79 Å². The molecule has 0 aromatic heterocycles. The zero-order valence-corrected chi connectivity index (χ0v) is 12.5. The van der Waals surface area contributed by atoms with E-state index in [1.165, 1.54) is 32.1 Å². The highest BCUT2D eigenvalue weighted by Gasteiger charge is 2.42. The van der Waals surface area contributed by atoms with Gasteiger partial charge in [0.05, 0.1) is 5.41 Å². The van der Waals surface area contributed by atoms with E-state index in [9.17, 15) is 9.90 Å². The molecular formula is C16H29NO2. The molecule has 1 N–H and O–H groups in total. The molecule has 0 heterocycles. The molecule has 2 unspecified atom stereocenters. The first-order valence-corrected chi connectivity index (χ1v) is 7.99. The summed E-state index contributed by atoms with van der Waals surface area (Å²) in [5.41, 5.74) is -0.468. The second-order valence-corrected chi connectivity index (χ2v) is 6.89. The molecule has 2 saturated carbocycles. The standard InChI is InChI=1S/C16H29NO2/c1-13-8-4-5-9-14(13)17(2)12-16(15(18)19)10-6-3-7-11-16/h13-14H,3-12H2,1-2H3,(H,18,19). The van der Waals surface area contributed by atoms with Gasteiger partial charge in [-0.2, -0.15) is 0 Å². The van der Waals surface area contributed by atoms with Crippen molar-refractivity contribution in [1.29, 1.82) is 0 Å². The Hall–Kier alpha value is -0.570. The fourth-order valence-electron chi connectivity index (χ4n) is 4.21. The molecule has 0 bridgehead atoms. The number of carboxylic acids is 1. The molecule has 0 radical (unpaired) electrons. The van der Waals surface area contributed by atoms with Crippen LogP contribution in [0.25, 0.3) is 0 Å². The Morgan fingerprint density at radius 2 is 1.79 bits per heavy atom. The molecule has 110 valence electrons. The molecule has 2 fully saturated rings. The molecule has 0 aliphatic heterocycles. The summed E-state index contributed by atoms with van der Waals surface area (Å²) in [6, 6.07) is 0.590. The molecule has 0 aromatic rings. The van der Waals surface area contributed by atoms with Crippen molar-refractivity contribution in [2.75, 3.05) is 13.6 Å². The Balaban J connectivity index is 2.02. The number of carboxylic acid groups (broad SMARTS) is 1. The Morgan fingerprint density at radius 1 is 1.16 bits per heavy atom. The third-order valence-corrected chi connectivity index (χ3v) is 5.45. The van der Waals surface area contributed by atoms with E-state index in [0.717, 1.165) is 32.2 Å². The van der Waals surface area contributed by atoms with Crippen LogP contribution in [0.2, 0.25) is 0 Å². The Bertz CT molecular complexity index is 310. The Morgan fingerprint density at radius 3 is 2.37 bits per heavy atom. The summed E-state index contributed by atoms with van der Waals surface area (Å²) >= 11 is 0. The molecule has 2 atom stereocenters. The molecule has 3 heteroatoms. The van der Waals surface area contributed by atoms with Gasteiger partial charge in [0, 0.05) is 12.6 Å². The van der Waals surface area contributed by atoms with Crippen molar-refractivity contribution < 1.29 is 9.90 Å². The number of rotatable bonds is 4. The summed E-state index contributed by atoms with van der Waals surface area (Å²) in [7, 11) is 2.14. The maximum absolute atomic E-state index is 11.7. The van der Waals surface area contributed by atoms with Crippen molar-refractivity contribution in [2.24, 2.45) is 11.3 Å². The molecule has 0 aromatic carbocycles. The predicted molar refractivity (Wildman–Crippen MR) is 77.2 cm³/mol. The van der Waals surface area contributed by atoms with Crippen LogP contribution in [0.1, 0.15) is 64.7 Å². The van der Waals surface area contributed by atoms with Crippen molar-refractivity contribution in [3.8, 4) is 0 Å². The fourth-order valence-corrected chi connectivity index (χ4v) is 4.21. The summed E-state index contributed by atoms with van der Waals surface area (Å²) in [4.78, 5) is 14.1. The number of aliphatic carboxylic acids is 1. The van der Waals surface area contributed by atoms with Crippen molar-refractivity contribution in [3.63, 3.8) is 0 Å². The fraction of sp³-hybridized carbons (Fsp3) is 0.938. The van der Waals surface area contributed by atoms with Crippen LogP contribution in [0.3, 0.4) is 0 Å². The van der Waals surface area contributed by atoms with Gasteiger partial charge < -0.3 is 10.0 Å². The topological polar surface area (TPSA) is 40.5 Å². The van der Waals surface area contributed by atoms with Crippen LogP contribution in [0.4, 0.5) is 0 Å². The highest BCUT2D eigenvalue weighted by atomic mass is 16.4. The lowest BCUT2D eigenvalue weighted by atomic mass is 9.73. The van der Waals surface area contributed by atoms with Gasteiger partial charge in [-0.1, -0.05) is 39.0 Å². The quantitative estimate of drug-likeness (QED) is 0.847. The number of carbonyl (C=O) groups is 1. The van der Waals surface area contributed by atoms with E-state index < -0.39 is 11.4 Å². The van der Waals surface area contributed by atoms with E-state index >= 15 is 0 Å². The summed E-state index contributed by atoms with van der Waals surface area (Å²) < 4.78 is 0. The third-order valence-electron chi connectivity index (χ3n) is 5.45. The molecule has 19 heavy (non-hydrogen) atoms. The zero-order chi connectivity index (χ0) is 13.9. The maximum Gasteiger partial charge on any atom is 0.310 e. The molecule has 0 saturated heterocycles. The zero-order valence-electron chi connectivity index (χ0n) is 12.5. The first-order valence-electron chi connectivity index (χ1n) is 7.99. The lowest BCUT2D eigenvalue weighted by molar-refractivity contribution is -0.153. The third kappa shape index (κ3) is 3.31. The summed E-state index contributed by atoms with van der Waals surface area (Å²) in [5, 5.41) is 9.68. The van der Waals surface area contributed by atoms with Crippen LogP contribution >= 0.6 is 0 Å². The molecule has 2 aliphatic rings. The van der Waals surface area contributed by atoms with Crippen molar-refractivity contribution in [2.45, 2.75) is 70.8 Å². The van der Waals surface area contributed by atoms with E-state index in [0.29, 0.717) is 12.0 Å². The maximum atomic E-state index is 11.7. The van der Waals surface area contributed by atoms with Gasteiger partial charge in [-0.05, 0) is 38.6 Å². The lowest BCUT2D eigenvalue weighted by Gasteiger charge is -2.42. The van der Waals surface area contributed by atoms with E-state index in [-0.39, 0.29) is 0 Å². The van der Waals surface area contributed by atoms with Crippen LogP contribution in [0.15, 0.2) is 0 Å². The van der Waals surface area contributed by atoms with Gasteiger partial charge in [0.2, 0.25) is 0 Å². The molecule has 0 amide bonds. The first kappa shape index (κ1) is 14.8. The average molecular weight is 267 g/mol. The van der Waals surface area contributed by atoms with E-state index in [1.807, 2.05) is 0 Å². The number of hydrogen-bond donors (Lipinski definition) is 1. The van der Waals surface area contributed by atoms with E-state index in [4.69, 9.17) is 0 Å². The summed E-state index contributed by atoms with van der Waals surface area (Å²) in [6.45, 7) is 3.08. The largest absolute Gasteiger partial charge is 0.481 e. The van der Waals surface area contributed by atoms with Gasteiger partial charge in [0.15, 0.2) is 0 Å². The van der Waals surface area contributed by atoms with Crippen molar-refractivity contribution >= 4 is 5.97 Å². The van der Waals surface area contributed by atoms with Gasteiger partial charge >= 0.3 is 5.97 Å². The Labute approximate surface area is 117 Å². The highest BCUT2D eigenvalue weighted by molar-refractivity contribution is 5.75. The second kappa shape index (κ2) is 6.25. The van der Waals surface area contributed by atoms with Gasteiger partial charge in [-0.3, -0.25) is 4.79 Å². The minimum absolute atomic E-state index is 0.468. The molecule has 0 spiro atoms. The van der Waals surface area contributed by atoms with Gasteiger partial charge in [0.1, 0.15) is 0 Å². The van der Waals surface area contributed by atoms with Crippen LogP contribution in [-0.4, -0.2) is 35.6 Å². The molecule has 3 nitrogen and oxygen atoms in total. The van der Waals surface area contributed by atoms with Crippen LogP contribution < -0.4 is 0 Å². The minimum Gasteiger partial charge on any atom is -0.481 e. The average Bonchev–Trinajstić information content (AvgIpc) is 2.40. The van der Waals surface area contributed by atoms with Gasteiger partial charge in [-0.25, -0.2) is 0 Å². The van der Waals surface area contributed by atoms with Crippen molar-refractivity contribution in [3.05, 3.63) is 0 Å². The predicted octanol–water partition coefficient (Wildman–Crippen LogP) is 3.53. The number of nitrogens with zero attached hydrogens (tertiary/aromatic N) is 1. The molecular weight excluding hydrogens is 238 g/mol.